The van der Waals surface area contributed by atoms with Crippen LogP contribution in [0.2, 0.25) is 5.02 Å². The van der Waals surface area contributed by atoms with Gasteiger partial charge in [-0.1, -0.05) is 35.9 Å². The quantitative estimate of drug-likeness (QED) is 0.192. The summed E-state index contributed by atoms with van der Waals surface area (Å²) in [6.45, 7) is 0.253. The third-order valence-electron chi connectivity index (χ3n) is 6.24. The number of rotatable bonds is 13. The molecule has 0 fully saturated rings. The summed E-state index contributed by atoms with van der Waals surface area (Å²) in [5.41, 5.74) is 0.224. The highest BCUT2D eigenvalue weighted by Crippen LogP contribution is 2.31. The number of thiophene rings is 1. The third kappa shape index (κ3) is 7.55. The molecule has 0 saturated carbocycles. The SMILES string of the molecule is COCCNC(=O)CN(Cc1cccs1)C(=O)[C@H](NS(=O)(=O)c1cc2ccc(=O)[nH]c2cc1Cl)c1ccccc1OC. The lowest BCUT2D eigenvalue weighted by molar-refractivity contribution is -0.138. The Morgan fingerprint density at radius 1 is 1.10 bits per heavy atom. The van der Waals surface area contributed by atoms with Gasteiger partial charge < -0.3 is 24.7 Å². The second kappa shape index (κ2) is 13.9. The highest BCUT2D eigenvalue weighted by atomic mass is 35.5. The molecule has 222 valence electrons. The van der Waals surface area contributed by atoms with E-state index in [1.165, 1.54) is 54.7 Å². The van der Waals surface area contributed by atoms with Gasteiger partial charge in [-0.2, -0.15) is 4.72 Å². The Morgan fingerprint density at radius 2 is 1.88 bits per heavy atom. The Labute approximate surface area is 251 Å². The highest BCUT2D eigenvalue weighted by Gasteiger charge is 2.34. The Hall–Kier alpha value is -3.75. The molecule has 11 nitrogen and oxygen atoms in total. The maximum atomic E-state index is 14.2. The van der Waals surface area contributed by atoms with Gasteiger partial charge in [-0.3, -0.25) is 14.4 Å². The van der Waals surface area contributed by atoms with Crippen molar-refractivity contribution in [3.05, 3.63) is 91.9 Å². The van der Waals surface area contributed by atoms with E-state index in [-0.39, 0.29) is 53.0 Å². The topological polar surface area (TPSA) is 147 Å². The third-order valence-corrected chi connectivity index (χ3v) is 8.99. The fourth-order valence-electron chi connectivity index (χ4n) is 4.24. The number of methoxy groups -OCH3 is 2. The smallest absolute Gasteiger partial charge is 0.248 e. The number of aromatic nitrogens is 1. The number of benzene rings is 2. The maximum absolute atomic E-state index is 14.2. The van der Waals surface area contributed by atoms with E-state index in [4.69, 9.17) is 21.1 Å². The molecular formula is C28H29ClN4O7S2. The molecule has 0 aliphatic heterocycles. The molecule has 42 heavy (non-hydrogen) atoms. The fourth-order valence-corrected chi connectivity index (χ4v) is 6.69. The summed E-state index contributed by atoms with van der Waals surface area (Å²) >= 11 is 7.77. The minimum Gasteiger partial charge on any atom is -0.496 e. The van der Waals surface area contributed by atoms with Crippen molar-refractivity contribution in [2.24, 2.45) is 0 Å². The van der Waals surface area contributed by atoms with Crippen LogP contribution in [0.1, 0.15) is 16.5 Å². The minimum absolute atomic E-state index is 0.0612. The number of fused-ring (bicyclic) bond motifs is 1. The molecule has 0 aliphatic carbocycles. The van der Waals surface area contributed by atoms with E-state index in [1.807, 2.05) is 17.5 Å². The first-order chi connectivity index (χ1) is 20.1. The molecule has 0 bridgehead atoms. The zero-order valence-corrected chi connectivity index (χ0v) is 25.1. The first-order valence-corrected chi connectivity index (χ1v) is 15.4. The monoisotopic (exact) mass is 632 g/mol. The first-order valence-electron chi connectivity index (χ1n) is 12.7. The van der Waals surface area contributed by atoms with Crippen molar-refractivity contribution >= 4 is 55.7 Å². The van der Waals surface area contributed by atoms with Crippen molar-refractivity contribution in [1.29, 1.82) is 0 Å². The second-order valence-corrected chi connectivity index (χ2v) is 12.2. The van der Waals surface area contributed by atoms with Crippen LogP contribution in [0.4, 0.5) is 0 Å². The van der Waals surface area contributed by atoms with Crippen LogP contribution in [0.3, 0.4) is 0 Å². The summed E-state index contributed by atoms with van der Waals surface area (Å²) in [7, 11) is -1.53. The van der Waals surface area contributed by atoms with E-state index >= 15 is 0 Å². The van der Waals surface area contributed by atoms with Crippen molar-refractivity contribution in [3.63, 3.8) is 0 Å². The Morgan fingerprint density at radius 3 is 2.60 bits per heavy atom. The van der Waals surface area contributed by atoms with Gasteiger partial charge in [-0.25, -0.2) is 8.42 Å². The molecule has 2 aromatic carbocycles. The van der Waals surface area contributed by atoms with E-state index in [0.29, 0.717) is 10.9 Å². The molecule has 0 unspecified atom stereocenters. The lowest BCUT2D eigenvalue weighted by Gasteiger charge is -2.28. The molecule has 1 atom stereocenters. The number of hydrogen-bond donors (Lipinski definition) is 3. The summed E-state index contributed by atoms with van der Waals surface area (Å²) in [6, 6.07) is 14.0. The number of nitrogens with one attached hydrogen (secondary N) is 3. The number of H-pyrrole nitrogens is 1. The standard InChI is InChI=1S/C28H29ClN4O7S2/c1-39-12-11-30-26(35)17-33(16-19-6-5-13-41-19)28(36)27(20-7-3-4-8-23(20)40-2)32-42(37,38)24-14-18-9-10-25(34)31-22(18)15-21(24)29/h3-10,13-15,27,32H,11-12,16-17H2,1-2H3,(H,30,35)(H,31,34)/t27-/m1/s1. The molecule has 0 spiro atoms. The largest absolute Gasteiger partial charge is 0.496 e. The fraction of sp³-hybridized carbons (Fsp3) is 0.250. The van der Waals surface area contributed by atoms with E-state index in [0.717, 1.165) is 4.88 Å². The zero-order chi connectivity index (χ0) is 30.3. The van der Waals surface area contributed by atoms with Gasteiger partial charge >= 0.3 is 0 Å². The van der Waals surface area contributed by atoms with Gasteiger partial charge in [-0.05, 0) is 41.1 Å². The lowest BCUT2D eigenvalue weighted by Crippen LogP contribution is -2.46. The predicted molar refractivity (Wildman–Crippen MR) is 160 cm³/mol. The van der Waals surface area contributed by atoms with Crippen LogP contribution in [0, 0.1) is 0 Å². The van der Waals surface area contributed by atoms with Gasteiger partial charge in [0, 0.05) is 35.7 Å². The highest BCUT2D eigenvalue weighted by molar-refractivity contribution is 7.89. The summed E-state index contributed by atoms with van der Waals surface area (Å²) in [5, 5.41) is 4.80. The minimum atomic E-state index is -4.44. The first kappa shape index (κ1) is 31.2. The molecule has 2 amide bonds. The predicted octanol–water partition coefficient (Wildman–Crippen LogP) is 3.06. The van der Waals surface area contributed by atoms with Gasteiger partial charge in [0.15, 0.2) is 0 Å². The van der Waals surface area contributed by atoms with E-state index < -0.39 is 27.9 Å². The number of carbonyl (C=O) groups excluding carboxylic acids is 2. The Kier molecular flexibility index (Phi) is 10.4. The van der Waals surface area contributed by atoms with E-state index in [1.54, 1.807) is 24.3 Å². The number of para-hydroxylation sites is 1. The number of carbonyl (C=O) groups is 2. The van der Waals surface area contributed by atoms with Crippen molar-refractivity contribution in [3.8, 4) is 5.75 Å². The number of pyridine rings is 1. The average molecular weight is 633 g/mol. The van der Waals surface area contributed by atoms with Crippen molar-refractivity contribution < 1.29 is 27.5 Å². The maximum Gasteiger partial charge on any atom is 0.248 e. The van der Waals surface area contributed by atoms with Gasteiger partial charge in [-0.15, -0.1) is 11.3 Å². The van der Waals surface area contributed by atoms with Crippen LogP contribution < -0.4 is 20.3 Å². The molecule has 14 heteroatoms. The van der Waals surface area contributed by atoms with Crippen LogP contribution in [-0.2, 0) is 30.9 Å². The summed E-state index contributed by atoms with van der Waals surface area (Å²) in [4.78, 5) is 43.1. The molecule has 2 aromatic heterocycles. The molecule has 3 N–H and O–H groups in total. The molecule has 0 aliphatic rings. The number of amides is 2. The number of hydrogen-bond acceptors (Lipinski definition) is 8. The molecule has 2 heterocycles. The number of nitrogens with zero attached hydrogens (tertiary/aromatic N) is 1. The second-order valence-electron chi connectivity index (χ2n) is 9.11. The molecular weight excluding hydrogens is 604 g/mol. The van der Waals surface area contributed by atoms with Crippen LogP contribution in [0.15, 0.2) is 75.7 Å². The van der Waals surface area contributed by atoms with E-state index in [9.17, 15) is 22.8 Å². The molecule has 0 saturated heterocycles. The lowest BCUT2D eigenvalue weighted by atomic mass is 10.0. The van der Waals surface area contributed by atoms with Crippen LogP contribution in [0.25, 0.3) is 10.9 Å². The van der Waals surface area contributed by atoms with Gasteiger partial charge in [0.05, 0.1) is 31.8 Å². The van der Waals surface area contributed by atoms with Crippen LogP contribution in [0.5, 0.6) is 5.75 Å². The van der Waals surface area contributed by atoms with Gasteiger partial charge in [0.1, 0.15) is 16.7 Å². The normalized spacial score (nSPS) is 12.2. The Balaban J connectivity index is 1.75. The average Bonchev–Trinajstić information content (AvgIpc) is 3.48. The zero-order valence-electron chi connectivity index (χ0n) is 22.8. The number of ether oxygens (including phenoxy) is 2. The van der Waals surface area contributed by atoms with Crippen molar-refractivity contribution in [2.45, 2.75) is 17.5 Å². The molecule has 0 radical (unpaired) electrons. The van der Waals surface area contributed by atoms with Crippen LogP contribution in [-0.4, -0.2) is 64.0 Å². The van der Waals surface area contributed by atoms with E-state index in [2.05, 4.69) is 15.0 Å². The number of sulfonamides is 1. The van der Waals surface area contributed by atoms with Crippen molar-refractivity contribution in [2.75, 3.05) is 33.9 Å². The van der Waals surface area contributed by atoms with Crippen molar-refractivity contribution in [1.82, 2.24) is 19.9 Å². The summed E-state index contributed by atoms with van der Waals surface area (Å²) in [6.07, 6.45) is 0. The summed E-state index contributed by atoms with van der Waals surface area (Å²) < 4.78 is 40.6. The Bertz CT molecular complexity index is 1730. The molecule has 4 rings (SSSR count). The molecule has 4 aromatic rings. The van der Waals surface area contributed by atoms with Gasteiger partial charge in [0.25, 0.3) is 0 Å². The van der Waals surface area contributed by atoms with Gasteiger partial charge in [0.2, 0.25) is 27.4 Å². The number of halogens is 1. The summed E-state index contributed by atoms with van der Waals surface area (Å²) in [5.74, 6) is -0.855. The number of aromatic amines is 1. The van der Waals surface area contributed by atoms with Crippen LogP contribution >= 0.6 is 22.9 Å².